The van der Waals surface area contributed by atoms with Crippen LogP contribution in [0.15, 0.2) is 30.5 Å². The lowest BCUT2D eigenvalue weighted by molar-refractivity contribution is 0.0768. The third-order valence-corrected chi connectivity index (χ3v) is 7.71. The van der Waals surface area contributed by atoms with Crippen LogP contribution in [-0.4, -0.2) is 52.0 Å². The smallest absolute Gasteiger partial charge is 0.256 e. The van der Waals surface area contributed by atoms with Gasteiger partial charge in [-0.2, -0.15) is 0 Å². The molecule has 2 heterocycles. The van der Waals surface area contributed by atoms with Gasteiger partial charge in [0, 0.05) is 23.5 Å². The number of carbonyl (C=O) groups is 1. The molecule has 7 heteroatoms. The molecule has 2 unspecified atom stereocenters. The van der Waals surface area contributed by atoms with Gasteiger partial charge in [-0.15, -0.1) is 0 Å². The van der Waals surface area contributed by atoms with Crippen molar-refractivity contribution in [1.29, 1.82) is 0 Å². The van der Waals surface area contributed by atoms with Crippen molar-refractivity contribution in [2.24, 2.45) is 0 Å². The molecule has 1 saturated heterocycles. The average molecular weight is 412 g/mol. The summed E-state index contributed by atoms with van der Waals surface area (Å²) in [7, 11) is 1.66. The molecule has 2 bridgehead atoms. The van der Waals surface area contributed by atoms with Gasteiger partial charge >= 0.3 is 0 Å². The lowest BCUT2D eigenvalue weighted by Crippen LogP contribution is -2.44. The fraction of sp³-hybridized carbons (Fsp3) is 0.455. The first-order chi connectivity index (χ1) is 14.1. The molecule has 2 fully saturated rings. The van der Waals surface area contributed by atoms with Gasteiger partial charge in [0.15, 0.2) is 0 Å². The van der Waals surface area contributed by atoms with Crippen LogP contribution in [0.25, 0.3) is 0 Å². The second kappa shape index (κ2) is 7.54. The highest BCUT2D eigenvalue weighted by molar-refractivity contribution is 7.91. The van der Waals surface area contributed by atoms with Gasteiger partial charge in [0.1, 0.15) is 23.1 Å². The van der Waals surface area contributed by atoms with Gasteiger partial charge in [-0.3, -0.25) is 4.79 Å². The molecule has 6 nitrogen and oxygen atoms in total. The zero-order chi connectivity index (χ0) is 20.0. The van der Waals surface area contributed by atoms with E-state index >= 15 is 0 Å². The summed E-state index contributed by atoms with van der Waals surface area (Å²) in [5, 5.41) is 3.46. The summed E-state index contributed by atoms with van der Waals surface area (Å²) >= 11 is -0.793. The van der Waals surface area contributed by atoms with E-state index in [4.69, 9.17) is 9.72 Å². The Morgan fingerprint density at radius 3 is 2.76 bits per heavy atom. The molecule has 1 saturated carbocycles. The van der Waals surface area contributed by atoms with Crippen LogP contribution >= 0.6 is 0 Å². The lowest BCUT2D eigenvalue weighted by Gasteiger charge is -2.30. The highest BCUT2D eigenvalue weighted by Crippen LogP contribution is 2.56. The first-order valence-electron chi connectivity index (χ1n) is 10.2. The Morgan fingerprint density at radius 1 is 1.24 bits per heavy atom. The number of fused-ring (bicyclic) bond motifs is 5. The molecule has 0 radical (unpaired) electrons. The van der Waals surface area contributed by atoms with E-state index in [0.29, 0.717) is 36.4 Å². The number of pyridine rings is 1. The van der Waals surface area contributed by atoms with Crippen molar-refractivity contribution >= 4 is 28.6 Å². The van der Waals surface area contributed by atoms with Gasteiger partial charge in [0.2, 0.25) is 0 Å². The standard InChI is InChI=1S/C22H25N3O3S/c1-28-17-4-2-3-16(12-17)24-21-20-15-6-5-14(11-15)19(20)18(13-23-21)22(26)25-7-9-29(27)10-8-25/h2-4,12-15H,5-11H2,1H3,(H,23,24). The third-order valence-electron chi connectivity index (χ3n) is 6.44. The van der Waals surface area contributed by atoms with Gasteiger partial charge in [-0.1, -0.05) is 17.2 Å². The Labute approximate surface area is 173 Å². The van der Waals surface area contributed by atoms with Crippen LogP contribution in [0, 0.1) is 0 Å². The van der Waals surface area contributed by atoms with E-state index in [0.717, 1.165) is 42.1 Å². The molecule has 5 rings (SSSR count). The first-order valence-corrected chi connectivity index (χ1v) is 11.7. The summed E-state index contributed by atoms with van der Waals surface area (Å²) in [5.74, 6) is 3.76. The van der Waals surface area contributed by atoms with Gasteiger partial charge in [0.25, 0.3) is 5.91 Å². The van der Waals surface area contributed by atoms with Crippen molar-refractivity contribution in [3.05, 3.63) is 47.2 Å². The maximum atomic E-state index is 13.2. The van der Waals surface area contributed by atoms with E-state index in [1.807, 2.05) is 29.2 Å². The second-order valence-corrected chi connectivity index (χ2v) is 9.75. The Balaban J connectivity index is 1.49. The Morgan fingerprint density at radius 2 is 2.00 bits per heavy atom. The highest BCUT2D eigenvalue weighted by atomic mass is 32.2. The van der Waals surface area contributed by atoms with Crippen molar-refractivity contribution in [2.75, 3.05) is 37.0 Å². The molecule has 1 aromatic carbocycles. The van der Waals surface area contributed by atoms with E-state index in [9.17, 15) is 9.35 Å². The summed E-state index contributed by atoms with van der Waals surface area (Å²) < 4.78 is 17.0. The maximum Gasteiger partial charge on any atom is 0.256 e. The third kappa shape index (κ3) is 3.36. The zero-order valence-corrected chi connectivity index (χ0v) is 17.3. The van der Waals surface area contributed by atoms with Crippen LogP contribution in [0.4, 0.5) is 11.5 Å². The van der Waals surface area contributed by atoms with Crippen LogP contribution in [-0.2, 0) is 11.2 Å². The average Bonchev–Trinajstić information content (AvgIpc) is 3.37. The minimum Gasteiger partial charge on any atom is -0.616 e. The molecule has 2 aliphatic carbocycles. The van der Waals surface area contributed by atoms with Gasteiger partial charge in [-0.05, 0) is 48.8 Å². The van der Waals surface area contributed by atoms with E-state index < -0.39 is 11.2 Å². The predicted molar refractivity (Wildman–Crippen MR) is 114 cm³/mol. The predicted octanol–water partition coefficient (Wildman–Crippen LogP) is 3.40. The lowest BCUT2D eigenvalue weighted by atomic mass is 9.88. The number of hydrogen-bond acceptors (Lipinski definition) is 5. The van der Waals surface area contributed by atoms with Crippen LogP contribution in [0.3, 0.4) is 0 Å². The number of nitrogens with zero attached hydrogens (tertiary/aromatic N) is 2. The number of methoxy groups -OCH3 is 1. The van der Waals surface area contributed by atoms with E-state index in [-0.39, 0.29) is 5.91 Å². The molecular formula is C22H25N3O3S. The summed E-state index contributed by atoms with van der Waals surface area (Å²) in [5.41, 5.74) is 4.09. The summed E-state index contributed by atoms with van der Waals surface area (Å²) in [6.07, 6.45) is 5.16. The number of hydrogen-bond donors (Lipinski definition) is 1. The molecule has 1 N–H and O–H groups in total. The SMILES string of the molecule is COc1cccc(Nc2ncc(C(=O)N3CC[S+]([O-])CC3)c3c2C2CCC3C2)c1. The molecule has 152 valence electrons. The number of carbonyl (C=O) groups excluding carboxylic acids is 1. The van der Waals surface area contributed by atoms with Crippen LogP contribution < -0.4 is 10.1 Å². The van der Waals surface area contributed by atoms with Crippen molar-refractivity contribution in [1.82, 2.24) is 9.88 Å². The van der Waals surface area contributed by atoms with E-state index in [1.54, 1.807) is 13.3 Å². The molecular weight excluding hydrogens is 386 g/mol. The topological polar surface area (TPSA) is 77.5 Å². The van der Waals surface area contributed by atoms with Crippen molar-refractivity contribution < 1.29 is 14.1 Å². The minimum atomic E-state index is -0.793. The van der Waals surface area contributed by atoms with Crippen molar-refractivity contribution in [3.8, 4) is 5.75 Å². The summed E-state index contributed by atoms with van der Waals surface area (Å²) in [4.78, 5) is 19.8. The zero-order valence-electron chi connectivity index (χ0n) is 16.5. The number of ether oxygens (including phenoxy) is 1. The Hall–Kier alpha value is -2.25. The second-order valence-electron chi connectivity index (χ2n) is 8.05. The Bertz CT molecular complexity index is 943. The van der Waals surface area contributed by atoms with Gasteiger partial charge < -0.3 is 19.5 Å². The number of anilines is 2. The van der Waals surface area contributed by atoms with Gasteiger partial charge in [-0.25, -0.2) is 4.98 Å². The molecule has 0 spiro atoms. The fourth-order valence-electron chi connectivity index (χ4n) is 5.02. The van der Waals surface area contributed by atoms with Crippen molar-refractivity contribution in [2.45, 2.75) is 31.1 Å². The molecule has 1 aromatic heterocycles. The maximum absolute atomic E-state index is 13.2. The normalized spacial score (nSPS) is 23.2. The minimum absolute atomic E-state index is 0.0472. The molecule has 1 aliphatic heterocycles. The van der Waals surface area contributed by atoms with Crippen LogP contribution in [0.1, 0.15) is 52.6 Å². The summed E-state index contributed by atoms with van der Waals surface area (Å²) in [6, 6.07) is 7.81. The van der Waals surface area contributed by atoms with Crippen LogP contribution in [0.5, 0.6) is 5.75 Å². The fourth-order valence-corrected chi connectivity index (χ4v) is 6.07. The number of aromatic nitrogens is 1. The summed E-state index contributed by atoms with van der Waals surface area (Å²) in [6.45, 7) is 1.14. The molecule has 29 heavy (non-hydrogen) atoms. The van der Waals surface area contributed by atoms with Crippen molar-refractivity contribution in [3.63, 3.8) is 0 Å². The molecule has 3 aliphatic rings. The molecule has 2 atom stereocenters. The number of amides is 1. The quantitative estimate of drug-likeness (QED) is 0.780. The number of rotatable bonds is 4. The number of benzene rings is 1. The Kier molecular flexibility index (Phi) is 4.87. The molecule has 1 amide bonds. The van der Waals surface area contributed by atoms with Crippen LogP contribution in [0.2, 0.25) is 0 Å². The largest absolute Gasteiger partial charge is 0.616 e. The van der Waals surface area contributed by atoms with E-state index in [2.05, 4.69) is 5.32 Å². The van der Waals surface area contributed by atoms with E-state index in [1.165, 1.54) is 11.1 Å². The van der Waals surface area contributed by atoms with Gasteiger partial charge in [0.05, 0.1) is 25.8 Å². The molecule has 2 aromatic rings. The first kappa shape index (κ1) is 18.8. The number of nitrogens with one attached hydrogen (secondary N) is 1. The highest BCUT2D eigenvalue weighted by Gasteiger charge is 2.42. The monoisotopic (exact) mass is 411 g/mol.